The maximum atomic E-state index is 13.5. The molecule has 1 amide bonds. The van der Waals surface area contributed by atoms with Gasteiger partial charge < -0.3 is 14.8 Å². The van der Waals surface area contributed by atoms with Crippen molar-refractivity contribution in [2.24, 2.45) is 0 Å². The zero-order valence-electron chi connectivity index (χ0n) is 27.7. The topological polar surface area (TPSA) is 125 Å². The summed E-state index contributed by atoms with van der Waals surface area (Å²) in [5.74, 6) is -0.846. The van der Waals surface area contributed by atoms with Gasteiger partial charge in [0.15, 0.2) is 5.78 Å². The van der Waals surface area contributed by atoms with Crippen molar-refractivity contribution >= 4 is 29.3 Å². The third-order valence-electron chi connectivity index (χ3n) is 9.08. The lowest BCUT2D eigenvalue weighted by Gasteiger charge is -2.17. The van der Waals surface area contributed by atoms with Crippen molar-refractivity contribution in [3.05, 3.63) is 111 Å². The van der Waals surface area contributed by atoms with E-state index in [0.717, 1.165) is 64.6 Å². The van der Waals surface area contributed by atoms with Crippen LogP contribution in [0.4, 0.5) is 5.69 Å². The largest absolute Gasteiger partial charge is 0.462 e. The van der Waals surface area contributed by atoms with Crippen LogP contribution in [0.5, 0.6) is 0 Å². The number of ketones is 1. The molecule has 4 aromatic rings. The number of pyridine rings is 2. The number of benzene rings is 2. The predicted octanol–water partition coefficient (Wildman–Crippen LogP) is 7.55. The van der Waals surface area contributed by atoms with Gasteiger partial charge in [-0.15, -0.1) is 0 Å². The molecule has 0 saturated heterocycles. The Hall–Kier alpha value is -5.18. The number of nitrogens with zero attached hydrogens (tertiary/aromatic N) is 2. The van der Waals surface area contributed by atoms with E-state index >= 15 is 0 Å². The number of rotatable bonds is 12. The van der Waals surface area contributed by atoms with Crippen LogP contribution in [0.1, 0.15) is 121 Å². The third-order valence-corrected chi connectivity index (χ3v) is 9.08. The smallest absolute Gasteiger partial charge is 0.339 e. The first-order valence-electron chi connectivity index (χ1n) is 16.6. The Labute approximate surface area is 280 Å². The fourth-order valence-corrected chi connectivity index (χ4v) is 6.12. The fraction of sp³-hybridized carbons (Fsp3) is 0.333. The number of ether oxygens (including phenoxy) is 2. The number of esters is 2. The van der Waals surface area contributed by atoms with Crippen LogP contribution in [0, 0.1) is 13.8 Å². The Morgan fingerprint density at radius 3 is 1.81 bits per heavy atom. The lowest BCUT2D eigenvalue weighted by molar-refractivity contribution is 0.0514. The maximum Gasteiger partial charge on any atom is 0.339 e. The highest BCUT2D eigenvalue weighted by Crippen LogP contribution is 2.43. The number of carbonyl (C=O) groups excluding carboxylic acids is 4. The molecule has 9 heteroatoms. The van der Waals surface area contributed by atoms with Crippen molar-refractivity contribution in [3.8, 4) is 11.1 Å². The number of Topliss-reactive ketones (excluding diaryl/α,β-unsaturated/α-hetero) is 1. The van der Waals surface area contributed by atoms with Crippen LogP contribution in [-0.4, -0.2) is 46.8 Å². The molecule has 9 nitrogen and oxygen atoms in total. The second kappa shape index (κ2) is 13.9. The van der Waals surface area contributed by atoms with E-state index in [2.05, 4.69) is 15.3 Å². The summed E-state index contributed by atoms with van der Waals surface area (Å²) in [6.07, 6.45) is 6.94. The second-order valence-electron chi connectivity index (χ2n) is 12.4. The summed E-state index contributed by atoms with van der Waals surface area (Å²) >= 11 is 0. The molecule has 0 bridgehead atoms. The average molecular weight is 646 g/mol. The SMILES string of the molecule is CCOC(=O)c1cnc(C(=O)Cc2cccc(-c3cccc(NC(=O)c4cc(C5CC5)c(C(=O)OCC)cn4)c3C)c2C)cc1C1CC1. The zero-order valence-corrected chi connectivity index (χ0v) is 27.7. The highest BCUT2D eigenvalue weighted by atomic mass is 16.5. The summed E-state index contributed by atoms with van der Waals surface area (Å²) in [5.41, 5.74) is 8.26. The summed E-state index contributed by atoms with van der Waals surface area (Å²) in [4.78, 5) is 60.5. The highest BCUT2D eigenvalue weighted by Gasteiger charge is 2.31. The van der Waals surface area contributed by atoms with E-state index in [4.69, 9.17) is 9.47 Å². The molecule has 0 spiro atoms. The lowest BCUT2D eigenvalue weighted by atomic mass is 9.90. The first-order chi connectivity index (χ1) is 23.2. The monoisotopic (exact) mass is 645 g/mol. The minimum absolute atomic E-state index is 0.127. The Kier molecular flexibility index (Phi) is 9.48. The van der Waals surface area contributed by atoms with Crippen molar-refractivity contribution in [1.82, 2.24) is 9.97 Å². The molecular weight excluding hydrogens is 606 g/mol. The Balaban J connectivity index is 1.22. The second-order valence-corrected chi connectivity index (χ2v) is 12.4. The highest BCUT2D eigenvalue weighted by molar-refractivity contribution is 6.05. The van der Waals surface area contributed by atoms with E-state index in [-0.39, 0.29) is 48.9 Å². The molecule has 2 fully saturated rings. The maximum absolute atomic E-state index is 13.5. The summed E-state index contributed by atoms with van der Waals surface area (Å²) in [7, 11) is 0. The van der Waals surface area contributed by atoms with Crippen molar-refractivity contribution in [3.63, 3.8) is 0 Å². The molecule has 6 rings (SSSR count). The Morgan fingerprint density at radius 2 is 1.25 bits per heavy atom. The van der Waals surface area contributed by atoms with Crippen LogP contribution in [0.3, 0.4) is 0 Å². The molecule has 2 aromatic carbocycles. The number of amides is 1. The molecule has 2 heterocycles. The van der Waals surface area contributed by atoms with E-state index in [9.17, 15) is 19.2 Å². The zero-order chi connectivity index (χ0) is 33.9. The summed E-state index contributed by atoms with van der Waals surface area (Å²) in [6.45, 7) is 8.01. The fourth-order valence-electron chi connectivity index (χ4n) is 6.12. The van der Waals surface area contributed by atoms with Crippen molar-refractivity contribution in [2.75, 3.05) is 18.5 Å². The van der Waals surface area contributed by atoms with Gasteiger partial charge in [-0.25, -0.2) is 9.59 Å². The van der Waals surface area contributed by atoms with Gasteiger partial charge in [0.1, 0.15) is 11.4 Å². The molecule has 48 heavy (non-hydrogen) atoms. The quantitative estimate of drug-likeness (QED) is 0.124. The van der Waals surface area contributed by atoms with E-state index < -0.39 is 11.9 Å². The van der Waals surface area contributed by atoms with Gasteiger partial charge in [0.05, 0.1) is 24.3 Å². The molecule has 2 saturated carbocycles. The number of anilines is 1. The van der Waals surface area contributed by atoms with E-state index in [1.807, 2.05) is 50.2 Å². The van der Waals surface area contributed by atoms with Gasteiger partial charge in [-0.2, -0.15) is 0 Å². The molecule has 0 radical (unpaired) electrons. The minimum atomic E-state index is -0.423. The summed E-state index contributed by atoms with van der Waals surface area (Å²) in [6, 6.07) is 15.1. The molecule has 2 aliphatic rings. The van der Waals surface area contributed by atoms with Crippen LogP contribution in [0.15, 0.2) is 60.9 Å². The van der Waals surface area contributed by atoms with Crippen molar-refractivity contribution in [2.45, 2.75) is 71.6 Å². The van der Waals surface area contributed by atoms with Crippen LogP contribution < -0.4 is 5.32 Å². The number of hydrogen-bond donors (Lipinski definition) is 1. The molecule has 0 atom stereocenters. The number of hydrogen-bond acceptors (Lipinski definition) is 8. The molecule has 2 aromatic heterocycles. The van der Waals surface area contributed by atoms with E-state index in [0.29, 0.717) is 22.5 Å². The normalized spacial score (nSPS) is 13.9. The standard InChI is InChI=1S/C39H39N3O6/c1-5-47-38(45)31-20-40-34(18-29(31)24-13-14-24)36(43)17-26-9-7-10-27(22(26)3)28-11-8-12-33(23(28)4)42-37(44)35-19-30(25-15-16-25)32(21-41-35)39(46)48-6-2/h7-12,18-21,24-25H,5-6,13-17H2,1-4H3,(H,42,44). The molecule has 0 aliphatic heterocycles. The van der Waals surface area contributed by atoms with Gasteiger partial charge in [0.25, 0.3) is 5.91 Å². The Morgan fingerprint density at radius 1 is 0.729 bits per heavy atom. The van der Waals surface area contributed by atoms with Gasteiger partial charge >= 0.3 is 11.9 Å². The van der Waals surface area contributed by atoms with E-state index in [1.54, 1.807) is 26.0 Å². The number of carbonyl (C=O) groups is 4. The molecule has 1 N–H and O–H groups in total. The summed E-state index contributed by atoms with van der Waals surface area (Å²) < 4.78 is 10.4. The van der Waals surface area contributed by atoms with Gasteiger partial charge in [0, 0.05) is 24.5 Å². The van der Waals surface area contributed by atoms with Gasteiger partial charge in [-0.1, -0.05) is 30.3 Å². The van der Waals surface area contributed by atoms with Crippen molar-refractivity contribution < 1.29 is 28.7 Å². The minimum Gasteiger partial charge on any atom is -0.462 e. The number of nitrogens with one attached hydrogen (secondary N) is 1. The van der Waals surface area contributed by atoms with Gasteiger partial charge in [0.2, 0.25) is 0 Å². The third kappa shape index (κ3) is 6.90. The molecule has 0 unspecified atom stereocenters. The van der Waals surface area contributed by atoms with Crippen LogP contribution in [0.2, 0.25) is 0 Å². The van der Waals surface area contributed by atoms with Crippen LogP contribution in [-0.2, 0) is 15.9 Å². The van der Waals surface area contributed by atoms with Crippen LogP contribution >= 0.6 is 0 Å². The lowest BCUT2D eigenvalue weighted by Crippen LogP contribution is -2.17. The predicted molar refractivity (Wildman–Crippen MR) is 182 cm³/mol. The molecule has 2 aliphatic carbocycles. The van der Waals surface area contributed by atoms with Gasteiger partial charge in [-0.3, -0.25) is 19.6 Å². The molecule has 246 valence electrons. The number of aromatic nitrogens is 2. The summed E-state index contributed by atoms with van der Waals surface area (Å²) in [5, 5.41) is 3.01. The average Bonchev–Trinajstić information content (AvgIpc) is 4.01. The van der Waals surface area contributed by atoms with Gasteiger partial charge in [-0.05, 0) is 122 Å². The molecular formula is C39H39N3O6. The first-order valence-corrected chi connectivity index (χ1v) is 16.6. The van der Waals surface area contributed by atoms with E-state index in [1.165, 1.54) is 12.4 Å². The van der Waals surface area contributed by atoms with Crippen LogP contribution in [0.25, 0.3) is 11.1 Å². The Bertz CT molecular complexity index is 1790. The van der Waals surface area contributed by atoms with Crippen molar-refractivity contribution in [1.29, 1.82) is 0 Å². The first kappa shape index (κ1) is 32.7.